The standard InChI is InChI=1S/C15H23BrClN/c1-4-8-18-15(9-11(3)5-2)13-7-6-12(16)10-14(13)17/h6-7,10-11,15,18H,4-5,8-9H2,1-3H3. The molecule has 0 aliphatic heterocycles. The summed E-state index contributed by atoms with van der Waals surface area (Å²) in [4.78, 5) is 0. The molecule has 18 heavy (non-hydrogen) atoms. The highest BCUT2D eigenvalue weighted by Gasteiger charge is 2.16. The summed E-state index contributed by atoms with van der Waals surface area (Å²) in [5, 5.41) is 4.46. The molecule has 0 radical (unpaired) electrons. The number of hydrogen-bond acceptors (Lipinski definition) is 1. The minimum absolute atomic E-state index is 0.362. The van der Waals surface area contributed by atoms with Crippen LogP contribution in [0.3, 0.4) is 0 Å². The third kappa shape index (κ3) is 4.91. The van der Waals surface area contributed by atoms with Crippen LogP contribution in [-0.4, -0.2) is 6.54 Å². The molecule has 1 rings (SSSR count). The molecule has 0 aliphatic rings. The van der Waals surface area contributed by atoms with E-state index in [1.165, 1.54) is 12.0 Å². The SMILES string of the molecule is CCCNC(CC(C)CC)c1ccc(Br)cc1Cl. The Hall–Kier alpha value is -0.0500. The summed E-state index contributed by atoms with van der Waals surface area (Å²) in [6, 6.07) is 6.54. The van der Waals surface area contributed by atoms with Gasteiger partial charge >= 0.3 is 0 Å². The molecule has 0 saturated heterocycles. The van der Waals surface area contributed by atoms with Gasteiger partial charge in [0.15, 0.2) is 0 Å². The zero-order valence-corrected chi connectivity index (χ0v) is 13.8. The van der Waals surface area contributed by atoms with Crippen LogP contribution in [0.15, 0.2) is 22.7 Å². The lowest BCUT2D eigenvalue weighted by Gasteiger charge is -2.23. The van der Waals surface area contributed by atoms with Crippen LogP contribution in [0, 0.1) is 5.92 Å². The van der Waals surface area contributed by atoms with Crippen LogP contribution in [0.1, 0.15) is 51.6 Å². The van der Waals surface area contributed by atoms with Crippen molar-refractivity contribution in [1.29, 1.82) is 0 Å². The molecule has 0 heterocycles. The molecule has 1 aromatic rings. The molecule has 0 spiro atoms. The average Bonchev–Trinajstić information content (AvgIpc) is 2.34. The molecule has 0 saturated carbocycles. The molecular weight excluding hydrogens is 310 g/mol. The van der Waals surface area contributed by atoms with Gasteiger partial charge < -0.3 is 5.32 Å². The van der Waals surface area contributed by atoms with Crippen molar-refractivity contribution < 1.29 is 0 Å². The first-order chi connectivity index (χ1) is 8.58. The van der Waals surface area contributed by atoms with Gasteiger partial charge in [0.1, 0.15) is 0 Å². The lowest BCUT2D eigenvalue weighted by molar-refractivity contribution is 0.402. The number of rotatable bonds is 7. The molecule has 0 fully saturated rings. The monoisotopic (exact) mass is 331 g/mol. The van der Waals surface area contributed by atoms with Gasteiger partial charge in [-0.25, -0.2) is 0 Å². The van der Waals surface area contributed by atoms with Crippen molar-refractivity contribution in [3.63, 3.8) is 0 Å². The Bertz CT molecular complexity index is 368. The number of benzene rings is 1. The van der Waals surface area contributed by atoms with E-state index >= 15 is 0 Å². The van der Waals surface area contributed by atoms with Crippen LogP contribution in [-0.2, 0) is 0 Å². The van der Waals surface area contributed by atoms with Gasteiger partial charge in [0.05, 0.1) is 0 Å². The summed E-state index contributed by atoms with van der Waals surface area (Å²) in [6.45, 7) is 7.77. The molecule has 1 aromatic carbocycles. The van der Waals surface area contributed by atoms with Gasteiger partial charge in [0.25, 0.3) is 0 Å². The highest BCUT2D eigenvalue weighted by atomic mass is 79.9. The quantitative estimate of drug-likeness (QED) is 0.687. The highest BCUT2D eigenvalue weighted by Crippen LogP contribution is 2.30. The first-order valence-corrected chi connectivity index (χ1v) is 7.93. The summed E-state index contributed by atoms with van der Waals surface area (Å²) in [6.07, 6.45) is 3.49. The van der Waals surface area contributed by atoms with Crippen molar-refractivity contribution in [2.45, 2.75) is 46.1 Å². The van der Waals surface area contributed by atoms with E-state index in [0.717, 1.165) is 28.9 Å². The molecule has 1 nitrogen and oxygen atoms in total. The van der Waals surface area contributed by atoms with E-state index in [1.54, 1.807) is 0 Å². The van der Waals surface area contributed by atoms with Gasteiger partial charge in [-0.1, -0.05) is 60.8 Å². The predicted molar refractivity (Wildman–Crippen MR) is 84.3 cm³/mol. The summed E-state index contributed by atoms with van der Waals surface area (Å²) in [5.74, 6) is 0.707. The third-order valence-corrected chi connectivity index (χ3v) is 4.13. The molecule has 0 bridgehead atoms. The van der Waals surface area contributed by atoms with Gasteiger partial charge in [0.2, 0.25) is 0 Å². The highest BCUT2D eigenvalue weighted by molar-refractivity contribution is 9.10. The van der Waals surface area contributed by atoms with E-state index in [4.69, 9.17) is 11.6 Å². The van der Waals surface area contributed by atoms with Gasteiger partial charge in [-0.05, 0) is 43.0 Å². The zero-order valence-electron chi connectivity index (χ0n) is 11.5. The summed E-state index contributed by atoms with van der Waals surface area (Å²) >= 11 is 9.82. The Kier molecular flexibility index (Phi) is 7.28. The van der Waals surface area contributed by atoms with Crippen molar-refractivity contribution in [3.05, 3.63) is 33.3 Å². The Balaban J connectivity index is 2.86. The predicted octanol–water partition coefficient (Wildman–Crippen LogP) is 5.58. The van der Waals surface area contributed by atoms with Gasteiger partial charge in [0, 0.05) is 15.5 Å². The maximum atomic E-state index is 6.36. The Morgan fingerprint density at radius 2 is 2.06 bits per heavy atom. The van der Waals surface area contributed by atoms with Crippen LogP contribution in [0.4, 0.5) is 0 Å². The molecule has 0 amide bonds. The first kappa shape index (κ1) is 16.0. The van der Waals surface area contributed by atoms with Crippen molar-refractivity contribution in [1.82, 2.24) is 5.32 Å². The van der Waals surface area contributed by atoms with E-state index in [0.29, 0.717) is 12.0 Å². The van der Waals surface area contributed by atoms with E-state index < -0.39 is 0 Å². The van der Waals surface area contributed by atoms with Gasteiger partial charge in [-0.3, -0.25) is 0 Å². The van der Waals surface area contributed by atoms with E-state index in [1.807, 2.05) is 6.07 Å². The normalized spacial score (nSPS) is 14.5. The summed E-state index contributed by atoms with van der Waals surface area (Å²) < 4.78 is 1.04. The smallest absolute Gasteiger partial charge is 0.0465 e. The molecular formula is C15H23BrClN. The molecule has 102 valence electrons. The van der Waals surface area contributed by atoms with Gasteiger partial charge in [-0.2, -0.15) is 0 Å². The fraction of sp³-hybridized carbons (Fsp3) is 0.600. The third-order valence-electron chi connectivity index (χ3n) is 3.31. The van der Waals surface area contributed by atoms with E-state index in [9.17, 15) is 0 Å². The van der Waals surface area contributed by atoms with E-state index in [2.05, 4.69) is 54.2 Å². The topological polar surface area (TPSA) is 12.0 Å². The lowest BCUT2D eigenvalue weighted by Crippen LogP contribution is -2.24. The Morgan fingerprint density at radius 3 is 2.61 bits per heavy atom. The van der Waals surface area contributed by atoms with Crippen molar-refractivity contribution in [2.75, 3.05) is 6.54 Å². The average molecular weight is 333 g/mol. The second-order valence-electron chi connectivity index (χ2n) is 4.92. The Morgan fingerprint density at radius 1 is 1.33 bits per heavy atom. The van der Waals surface area contributed by atoms with Crippen molar-refractivity contribution in [2.24, 2.45) is 5.92 Å². The van der Waals surface area contributed by atoms with Crippen molar-refractivity contribution >= 4 is 27.5 Å². The summed E-state index contributed by atoms with van der Waals surface area (Å²) in [5.41, 5.74) is 1.22. The van der Waals surface area contributed by atoms with Crippen LogP contribution < -0.4 is 5.32 Å². The van der Waals surface area contributed by atoms with E-state index in [-0.39, 0.29) is 0 Å². The lowest BCUT2D eigenvalue weighted by atomic mass is 9.94. The van der Waals surface area contributed by atoms with Gasteiger partial charge in [-0.15, -0.1) is 0 Å². The minimum Gasteiger partial charge on any atom is -0.310 e. The minimum atomic E-state index is 0.362. The fourth-order valence-corrected chi connectivity index (χ4v) is 2.80. The van der Waals surface area contributed by atoms with Crippen LogP contribution in [0.25, 0.3) is 0 Å². The molecule has 0 aliphatic carbocycles. The molecule has 1 N–H and O–H groups in total. The second-order valence-corrected chi connectivity index (χ2v) is 6.24. The van der Waals surface area contributed by atoms with Crippen LogP contribution >= 0.6 is 27.5 Å². The largest absolute Gasteiger partial charge is 0.310 e. The molecule has 3 heteroatoms. The second kappa shape index (κ2) is 8.19. The molecule has 2 atom stereocenters. The fourth-order valence-electron chi connectivity index (χ4n) is 1.99. The summed E-state index contributed by atoms with van der Waals surface area (Å²) in [7, 11) is 0. The maximum absolute atomic E-state index is 6.36. The first-order valence-electron chi connectivity index (χ1n) is 6.76. The maximum Gasteiger partial charge on any atom is 0.0465 e. The van der Waals surface area contributed by atoms with Crippen molar-refractivity contribution in [3.8, 4) is 0 Å². The number of halogens is 2. The molecule has 0 aromatic heterocycles. The van der Waals surface area contributed by atoms with Crippen LogP contribution in [0.2, 0.25) is 5.02 Å². The van der Waals surface area contributed by atoms with Crippen LogP contribution in [0.5, 0.6) is 0 Å². The zero-order chi connectivity index (χ0) is 13.5. The number of hydrogen-bond donors (Lipinski definition) is 1. The Labute approximate surface area is 124 Å². The molecule has 2 unspecified atom stereocenters. The number of nitrogens with one attached hydrogen (secondary N) is 1.